The molecule has 0 atom stereocenters. The molecule has 4 heterocycles. The molecule has 55 heavy (non-hydrogen) atoms. The predicted octanol–water partition coefficient (Wildman–Crippen LogP) is 4.18. The second-order valence-electron chi connectivity index (χ2n) is 14.6. The second-order valence-corrected chi connectivity index (χ2v) is 14.6. The van der Waals surface area contributed by atoms with Crippen LogP contribution < -0.4 is 20.1 Å². The maximum atomic E-state index is 14.1. The summed E-state index contributed by atoms with van der Waals surface area (Å²) in [5.74, 6) is 2.31. The zero-order chi connectivity index (χ0) is 38.7. The number of amides is 3. The number of urea groups is 1. The van der Waals surface area contributed by atoms with Crippen LogP contribution in [0.5, 0.6) is 11.5 Å². The molecule has 1 aliphatic carbocycles. The Hall–Kier alpha value is -5.51. The molecule has 16 heteroatoms. The van der Waals surface area contributed by atoms with Crippen molar-refractivity contribution in [3.8, 4) is 11.5 Å². The summed E-state index contributed by atoms with van der Waals surface area (Å²) < 4.78 is 13.1. The number of benzene rings is 2. The third-order valence-electron chi connectivity index (χ3n) is 11.9. The van der Waals surface area contributed by atoms with E-state index < -0.39 is 6.03 Å². The molecule has 292 valence electrons. The Morgan fingerprint density at radius 3 is 2.45 bits per heavy atom. The van der Waals surface area contributed by atoms with Crippen LogP contribution in [0, 0.1) is 16.0 Å². The molecule has 2 aromatic heterocycles. The van der Waals surface area contributed by atoms with Crippen LogP contribution in [-0.2, 0) is 23.3 Å². The molecule has 2 N–H and O–H groups in total. The van der Waals surface area contributed by atoms with Gasteiger partial charge in [0, 0.05) is 69.9 Å². The lowest BCUT2D eigenvalue weighted by Crippen LogP contribution is -2.55. The van der Waals surface area contributed by atoms with Crippen molar-refractivity contribution in [2.75, 3.05) is 71.5 Å². The van der Waals surface area contributed by atoms with Crippen molar-refractivity contribution in [1.82, 2.24) is 34.4 Å². The molecule has 16 nitrogen and oxygen atoms in total. The number of rotatable bonds is 12. The first kappa shape index (κ1) is 37.8. The highest BCUT2D eigenvalue weighted by molar-refractivity contribution is 5.87. The van der Waals surface area contributed by atoms with Gasteiger partial charge in [-0.2, -0.15) is 5.10 Å². The quantitative estimate of drug-likeness (QED) is 0.162. The maximum Gasteiger partial charge on any atom is 0.314 e. The summed E-state index contributed by atoms with van der Waals surface area (Å²) >= 11 is 0. The lowest BCUT2D eigenvalue weighted by molar-refractivity contribution is -0.385. The molecule has 2 fully saturated rings. The van der Waals surface area contributed by atoms with Gasteiger partial charge in [0.15, 0.2) is 17.1 Å². The van der Waals surface area contributed by atoms with E-state index in [0.29, 0.717) is 56.2 Å². The van der Waals surface area contributed by atoms with Crippen LogP contribution >= 0.6 is 0 Å². The highest BCUT2D eigenvalue weighted by Crippen LogP contribution is 2.50. The summed E-state index contributed by atoms with van der Waals surface area (Å²) in [6.07, 6.45) is 8.14. The van der Waals surface area contributed by atoms with Crippen LogP contribution in [0.25, 0.3) is 11.0 Å². The number of nitrogens with two attached hydrogens (primary N) is 1. The van der Waals surface area contributed by atoms with Gasteiger partial charge in [-0.3, -0.25) is 19.8 Å². The van der Waals surface area contributed by atoms with Crippen molar-refractivity contribution in [3.63, 3.8) is 0 Å². The predicted molar refractivity (Wildman–Crippen MR) is 206 cm³/mol. The zero-order valence-electron chi connectivity index (χ0n) is 31.9. The summed E-state index contributed by atoms with van der Waals surface area (Å²) in [4.78, 5) is 54.7. The van der Waals surface area contributed by atoms with Gasteiger partial charge < -0.3 is 29.9 Å². The van der Waals surface area contributed by atoms with E-state index >= 15 is 0 Å². The normalized spacial score (nSPS) is 20.0. The number of piperazine rings is 1. The molecule has 1 saturated carbocycles. The molecule has 0 unspecified atom stereocenters. The first-order chi connectivity index (χ1) is 26.7. The van der Waals surface area contributed by atoms with Gasteiger partial charge in [0.05, 0.1) is 42.8 Å². The number of primary amides is 1. The van der Waals surface area contributed by atoms with Crippen molar-refractivity contribution in [2.45, 2.75) is 57.5 Å². The lowest BCUT2D eigenvalue weighted by Gasteiger charge is -2.52. The third-order valence-corrected chi connectivity index (χ3v) is 11.9. The van der Waals surface area contributed by atoms with E-state index in [1.807, 2.05) is 11.8 Å². The number of methoxy groups -OCH3 is 2. The topological polar surface area (TPSA) is 178 Å². The number of carbonyl (C=O) groups is 2. The Morgan fingerprint density at radius 2 is 1.76 bits per heavy atom. The average Bonchev–Trinajstić information content (AvgIpc) is 3.62. The fraction of sp³-hybridized carbons (Fsp3) is 0.513. The van der Waals surface area contributed by atoms with Crippen LogP contribution in [0.2, 0.25) is 0 Å². The summed E-state index contributed by atoms with van der Waals surface area (Å²) in [7, 11) is 3.33. The minimum atomic E-state index is -0.395. The molecule has 3 aliphatic rings. The van der Waals surface area contributed by atoms with Gasteiger partial charge in [0.25, 0.3) is 5.69 Å². The van der Waals surface area contributed by atoms with Crippen LogP contribution in [0.4, 0.5) is 16.3 Å². The molecule has 2 aliphatic heterocycles. The van der Waals surface area contributed by atoms with Crippen LogP contribution in [0.15, 0.2) is 48.9 Å². The summed E-state index contributed by atoms with van der Waals surface area (Å²) in [6.45, 7) is 7.43. The van der Waals surface area contributed by atoms with Crippen molar-refractivity contribution in [1.29, 1.82) is 0 Å². The molecule has 2 aromatic carbocycles. The highest BCUT2D eigenvalue weighted by Gasteiger charge is 2.47. The number of nitrogens with zero attached hydrogens (tertiary/aromatic N) is 9. The Bertz CT molecular complexity index is 2040. The number of para-hydroxylation sites is 1. The van der Waals surface area contributed by atoms with Crippen LogP contribution in [0.1, 0.15) is 55.7 Å². The van der Waals surface area contributed by atoms with Crippen LogP contribution in [-0.4, -0.2) is 118 Å². The van der Waals surface area contributed by atoms with Gasteiger partial charge in [-0.25, -0.2) is 19.4 Å². The number of aromatic nitrogens is 4. The van der Waals surface area contributed by atoms with E-state index in [0.717, 1.165) is 68.6 Å². The Labute approximate surface area is 320 Å². The molecular weight excluding hydrogens is 704 g/mol. The van der Waals surface area contributed by atoms with Gasteiger partial charge in [-0.1, -0.05) is 18.2 Å². The van der Waals surface area contributed by atoms with Crippen molar-refractivity contribution >= 4 is 34.5 Å². The maximum absolute atomic E-state index is 14.1. The average molecular weight is 755 g/mol. The van der Waals surface area contributed by atoms with Crippen molar-refractivity contribution in [2.24, 2.45) is 11.7 Å². The molecule has 1 saturated heterocycles. The van der Waals surface area contributed by atoms with Crippen molar-refractivity contribution in [3.05, 3.63) is 75.7 Å². The lowest BCUT2D eigenvalue weighted by atomic mass is 9.68. The number of carbonyl (C=O) groups excluding carboxylic acids is 2. The Kier molecular flexibility index (Phi) is 11.0. The fourth-order valence-corrected chi connectivity index (χ4v) is 8.96. The van der Waals surface area contributed by atoms with Gasteiger partial charge in [-0.15, -0.1) is 0 Å². The molecule has 3 amide bonds. The zero-order valence-corrected chi connectivity index (χ0v) is 31.9. The molecule has 0 bridgehead atoms. The Balaban J connectivity index is 1.02. The SMILES string of the molecule is CCN(CCCN1CCc2cc(OC)c(OC)cc2[C@]12CC[C@@H](C(=O)N1CCN(c3ncnc4c3cnn4Cc3ccccc3[N+](=O)[O-])CC1)CC2)C(N)=O. The highest BCUT2D eigenvalue weighted by atomic mass is 16.6. The number of nitro groups is 1. The third kappa shape index (κ3) is 7.34. The van der Waals surface area contributed by atoms with Gasteiger partial charge in [-0.05, 0) is 68.7 Å². The molecule has 1 spiro atoms. The van der Waals surface area contributed by atoms with E-state index in [9.17, 15) is 19.7 Å². The van der Waals surface area contributed by atoms with Gasteiger partial charge in [0.1, 0.15) is 12.1 Å². The van der Waals surface area contributed by atoms with Gasteiger partial charge >= 0.3 is 6.03 Å². The monoisotopic (exact) mass is 754 g/mol. The number of fused-ring (bicyclic) bond motifs is 3. The minimum Gasteiger partial charge on any atom is -0.493 e. The number of hydrogen-bond acceptors (Lipinski definition) is 11. The molecule has 4 aromatic rings. The fourth-order valence-electron chi connectivity index (χ4n) is 8.96. The summed E-state index contributed by atoms with van der Waals surface area (Å²) in [5, 5.41) is 16.9. The Morgan fingerprint density at radius 1 is 1.04 bits per heavy atom. The first-order valence-corrected chi connectivity index (χ1v) is 19.1. The van der Waals surface area contributed by atoms with E-state index in [4.69, 9.17) is 15.2 Å². The van der Waals surface area contributed by atoms with E-state index in [1.165, 1.54) is 23.5 Å². The standard InChI is InChI=1S/C39H50N10O6/c1-4-44(38(40)51)15-7-16-47-17-12-28-22-33(54-2)34(55-3)23-31(28)39(47)13-10-27(11-14-39)37(50)46-20-18-45(19-21-46)35-30-24-43-48(36(30)42-26-41-35)25-29-8-5-6-9-32(29)49(52)53/h5-6,8-9,22-24,26-27H,4,7,10-21,25H2,1-3H3,(H2,40,51)/t27-,39-. The largest absolute Gasteiger partial charge is 0.493 e. The second kappa shape index (κ2) is 16.1. The molecule has 0 radical (unpaired) electrons. The first-order valence-electron chi connectivity index (χ1n) is 19.1. The number of hydrogen-bond donors (Lipinski definition) is 1. The van der Waals surface area contributed by atoms with Gasteiger partial charge in [0.2, 0.25) is 5.91 Å². The molecular formula is C39H50N10O6. The van der Waals surface area contributed by atoms with Crippen LogP contribution in [0.3, 0.4) is 0 Å². The van der Waals surface area contributed by atoms with Crippen molar-refractivity contribution < 1.29 is 24.0 Å². The van der Waals surface area contributed by atoms with E-state index in [1.54, 1.807) is 48.2 Å². The number of nitro benzene ring substituents is 1. The summed E-state index contributed by atoms with van der Waals surface area (Å²) in [5.41, 5.74) is 9.05. The molecule has 7 rings (SSSR count). The minimum absolute atomic E-state index is 0.0386. The van der Waals surface area contributed by atoms with E-state index in [-0.39, 0.29) is 34.5 Å². The smallest absolute Gasteiger partial charge is 0.314 e. The summed E-state index contributed by atoms with van der Waals surface area (Å²) in [6, 6.07) is 10.5. The number of ether oxygens (including phenoxy) is 2. The number of anilines is 1. The van der Waals surface area contributed by atoms with E-state index in [2.05, 4.69) is 37.0 Å².